The number of methoxy groups -OCH3 is 1. The zero-order valence-electron chi connectivity index (χ0n) is 18.3. The molecule has 1 aromatic heterocycles. The van der Waals surface area contributed by atoms with E-state index in [9.17, 15) is 24.8 Å². The van der Waals surface area contributed by atoms with Gasteiger partial charge in [-0.05, 0) is 59.5 Å². The molecule has 2 aromatic carbocycles. The standard InChI is InChI=1S/C25H27FO6S/c1-13-3-4-15(24-23(30)22(29)21(28)18(12-27)32-24)11-17(13)25(31-2)20-10-9-19(33-20)14-5-7-16(26)8-6-14/h3-11,18,21-25,27-30H,12H2,1-2H3/t18-,21-,22+,23-,24+,25?/m1/s1. The number of halogens is 1. The lowest BCUT2D eigenvalue weighted by Gasteiger charge is -2.40. The first-order chi connectivity index (χ1) is 15.8. The number of aliphatic hydroxyl groups is 4. The largest absolute Gasteiger partial charge is 0.394 e. The Bertz CT molecular complexity index is 1080. The van der Waals surface area contributed by atoms with Crippen LogP contribution < -0.4 is 0 Å². The van der Waals surface area contributed by atoms with E-state index in [1.165, 1.54) is 12.1 Å². The number of thiophene rings is 1. The van der Waals surface area contributed by atoms with Crippen LogP contribution in [0.25, 0.3) is 10.4 Å². The summed E-state index contributed by atoms with van der Waals surface area (Å²) < 4.78 is 24.8. The Morgan fingerprint density at radius 2 is 1.73 bits per heavy atom. The van der Waals surface area contributed by atoms with Crippen LogP contribution in [0.1, 0.15) is 33.8 Å². The van der Waals surface area contributed by atoms with Crippen LogP contribution in [-0.2, 0) is 9.47 Å². The van der Waals surface area contributed by atoms with Crippen molar-refractivity contribution in [2.24, 2.45) is 0 Å². The summed E-state index contributed by atoms with van der Waals surface area (Å²) in [6.07, 6.45) is -6.50. The highest BCUT2D eigenvalue weighted by molar-refractivity contribution is 7.15. The average Bonchev–Trinajstić information content (AvgIpc) is 3.30. The van der Waals surface area contributed by atoms with Gasteiger partial charge in [0.15, 0.2) is 0 Å². The zero-order chi connectivity index (χ0) is 23.7. The van der Waals surface area contributed by atoms with Crippen molar-refractivity contribution < 1.29 is 34.3 Å². The maximum absolute atomic E-state index is 13.3. The number of hydrogen-bond donors (Lipinski definition) is 4. The summed E-state index contributed by atoms with van der Waals surface area (Å²) >= 11 is 1.54. The topological polar surface area (TPSA) is 99.4 Å². The van der Waals surface area contributed by atoms with Crippen LogP contribution in [0.2, 0.25) is 0 Å². The highest BCUT2D eigenvalue weighted by Gasteiger charge is 2.44. The van der Waals surface area contributed by atoms with Crippen molar-refractivity contribution >= 4 is 11.3 Å². The Balaban J connectivity index is 1.66. The van der Waals surface area contributed by atoms with E-state index in [0.717, 1.165) is 26.4 Å². The quantitative estimate of drug-likeness (QED) is 0.438. The predicted molar refractivity (Wildman–Crippen MR) is 122 cm³/mol. The third kappa shape index (κ3) is 4.74. The van der Waals surface area contributed by atoms with Crippen molar-refractivity contribution in [3.63, 3.8) is 0 Å². The molecule has 0 radical (unpaired) electrons. The summed E-state index contributed by atoms with van der Waals surface area (Å²) in [6.45, 7) is 1.47. The molecule has 1 fully saturated rings. The minimum absolute atomic E-state index is 0.286. The van der Waals surface area contributed by atoms with Gasteiger partial charge >= 0.3 is 0 Å². The van der Waals surface area contributed by atoms with Crippen LogP contribution in [0.5, 0.6) is 0 Å². The fourth-order valence-corrected chi connectivity index (χ4v) is 5.27. The highest BCUT2D eigenvalue weighted by Crippen LogP contribution is 2.39. The van der Waals surface area contributed by atoms with Crippen molar-refractivity contribution in [1.29, 1.82) is 0 Å². The van der Waals surface area contributed by atoms with E-state index in [0.29, 0.717) is 5.56 Å². The maximum atomic E-state index is 13.3. The number of hydrogen-bond acceptors (Lipinski definition) is 7. The van der Waals surface area contributed by atoms with E-state index in [1.807, 2.05) is 31.2 Å². The molecule has 176 valence electrons. The van der Waals surface area contributed by atoms with Crippen molar-refractivity contribution in [3.8, 4) is 10.4 Å². The first-order valence-electron chi connectivity index (χ1n) is 10.6. The van der Waals surface area contributed by atoms with Crippen LogP contribution in [0.3, 0.4) is 0 Å². The van der Waals surface area contributed by atoms with Crippen molar-refractivity contribution in [1.82, 2.24) is 0 Å². The van der Waals surface area contributed by atoms with E-state index in [2.05, 4.69) is 0 Å². The molecule has 4 N–H and O–H groups in total. The van der Waals surface area contributed by atoms with Crippen LogP contribution >= 0.6 is 11.3 Å². The first kappa shape index (κ1) is 24.0. The number of aliphatic hydroxyl groups excluding tert-OH is 4. The Morgan fingerprint density at radius 1 is 1.00 bits per heavy atom. The van der Waals surface area contributed by atoms with Crippen LogP contribution in [0, 0.1) is 12.7 Å². The molecule has 6 nitrogen and oxygen atoms in total. The highest BCUT2D eigenvalue weighted by atomic mass is 32.1. The SMILES string of the molecule is COC(c1ccc(-c2ccc(F)cc2)s1)c1cc([C@@H]2O[C@H](CO)[C@@H](O)[C@H](O)[C@H]2O)ccc1C. The van der Waals surface area contributed by atoms with Crippen molar-refractivity contribution in [3.05, 3.63) is 82.0 Å². The van der Waals surface area contributed by atoms with Gasteiger partial charge in [-0.3, -0.25) is 0 Å². The Hall–Kier alpha value is -2.17. The molecule has 1 saturated heterocycles. The molecule has 0 aliphatic carbocycles. The average molecular weight is 475 g/mol. The smallest absolute Gasteiger partial charge is 0.123 e. The molecule has 8 heteroatoms. The van der Waals surface area contributed by atoms with Gasteiger partial charge in [-0.1, -0.05) is 24.3 Å². The number of ether oxygens (including phenoxy) is 2. The fourth-order valence-electron chi connectivity index (χ4n) is 4.15. The molecular weight excluding hydrogens is 447 g/mol. The second-order valence-electron chi connectivity index (χ2n) is 8.19. The summed E-state index contributed by atoms with van der Waals surface area (Å²) in [7, 11) is 1.61. The normalized spacial score (nSPS) is 26.3. The number of rotatable bonds is 6. The Labute approximate surface area is 195 Å². The molecule has 0 amide bonds. The first-order valence-corrected chi connectivity index (χ1v) is 11.4. The lowest BCUT2D eigenvalue weighted by molar-refractivity contribution is -0.231. The molecule has 0 bridgehead atoms. The lowest BCUT2D eigenvalue weighted by Crippen LogP contribution is -2.55. The molecule has 0 spiro atoms. The summed E-state index contributed by atoms with van der Waals surface area (Å²) in [5.41, 5.74) is 3.34. The van der Waals surface area contributed by atoms with Gasteiger partial charge in [-0.25, -0.2) is 4.39 Å². The van der Waals surface area contributed by atoms with Gasteiger partial charge in [-0.2, -0.15) is 0 Å². The molecule has 0 saturated carbocycles. The molecule has 1 aliphatic rings. The van der Waals surface area contributed by atoms with Crippen LogP contribution in [0.15, 0.2) is 54.6 Å². The van der Waals surface area contributed by atoms with E-state index < -0.39 is 43.2 Å². The van der Waals surface area contributed by atoms with E-state index in [-0.39, 0.29) is 5.82 Å². The Kier molecular flexibility index (Phi) is 7.25. The molecular formula is C25H27FO6S. The molecule has 6 atom stereocenters. The maximum Gasteiger partial charge on any atom is 0.123 e. The molecule has 33 heavy (non-hydrogen) atoms. The van der Waals surface area contributed by atoms with Crippen LogP contribution in [0.4, 0.5) is 4.39 Å². The summed E-state index contributed by atoms with van der Waals surface area (Å²) in [5.74, 6) is -0.286. The predicted octanol–water partition coefficient (Wildman–Crippen LogP) is 3.11. The molecule has 2 heterocycles. The van der Waals surface area contributed by atoms with Gasteiger partial charge in [0.1, 0.15) is 42.4 Å². The van der Waals surface area contributed by atoms with Crippen molar-refractivity contribution in [2.45, 2.75) is 43.5 Å². The van der Waals surface area contributed by atoms with Gasteiger partial charge in [0.05, 0.1) is 6.61 Å². The van der Waals surface area contributed by atoms with Gasteiger partial charge in [0.2, 0.25) is 0 Å². The summed E-state index contributed by atoms with van der Waals surface area (Å²) in [6, 6.07) is 15.8. The minimum atomic E-state index is -1.44. The third-order valence-corrected chi connectivity index (χ3v) is 7.23. The van der Waals surface area contributed by atoms with Crippen molar-refractivity contribution in [2.75, 3.05) is 13.7 Å². The minimum Gasteiger partial charge on any atom is -0.394 e. The number of aryl methyl sites for hydroxylation is 1. The van der Waals surface area contributed by atoms with Gasteiger partial charge in [0, 0.05) is 16.9 Å². The van der Waals surface area contributed by atoms with Gasteiger partial charge in [0.25, 0.3) is 0 Å². The molecule has 4 rings (SSSR count). The fraction of sp³-hybridized carbons (Fsp3) is 0.360. The molecule has 3 aromatic rings. The molecule has 1 aliphatic heterocycles. The third-order valence-electron chi connectivity index (χ3n) is 6.06. The number of benzene rings is 2. The van der Waals surface area contributed by atoms with E-state index >= 15 is 0 Å². The van der Waals surface area contributed by atoms with Gasteiger partial charge in [-0.15, -0.1) is 11.3 Å². The van der Waals surface area contributed by atoms with Gasteiger partial charge < -0.3 is 29.9 Å². The van der Waals surface area contributed by atoms with E-state index in [4.69, 9.17) is 9.47 Å². The summed E-state index contributed by atoms with van der Waals surface area (Å²) in [5, 5.41) is 40.3. The second-order valence-corrected chi connectivity index (χ2v) is 9.31. The Morgan fingerprint density at radius 3 is 2.39 bits per heavy atom. The van der Waals surface area contributed by atoms with E-state index in [1.54, 1.807) is 36.6 Å². The second kappa shape index (κ2) is 9.99. The molecule has 1 unspecified atom stereocenters. The lowest BCUT2D eigenvalue weighted by atomic mass is 9.89. The van der Waals surface area contributed by atoms with Crippen LogP contribution in [-0.4, -0.2) is 58.6 Å². The summed E-state index contributed by atoms with van der Waals surface area (Å²) in [4.78, 5) is 1.93. The monoisotopic (exact) mass is 474 g/mol. The zero-order valence-corrected chi connectivity index (χ0v) is 19.1.